The molecule has 164 valence electrons. The van der Waals surface area contributed by atoms with Gasteiger partial charge in [-0.25, -0.2) is 0 Å². The number of aromatic nitrogens is 1. The SMILES string of the molecule is COc1cc2nccc(Oc3ccc(SCCOc4ccc(Cl)cc4)cc3)c2cc1OC. The maximum atomic E-state index is 6.13. The number of halogens is 1. The van der Waals surface area contributed by atoms with Crippen molar-refractivity contribution < 1.29 is 18.9 Å². The Morgan fingerprint density at radius 3 is 2.22 bits per heavy atom. The van der Waals surface area contributed by atoms with Gasteiger partial charge in [0.05, 0.1) is 26.3 Å². The van der Waals surface area contributed by atoms with Crippen LogP contribution in [0.5, 0.6) is 28.7 Å². The van der Waals surface area contributed by atoms with E-state index in [2.05, 4.69) is 4.98 Å². The van der Waals surface area contributed by atoms with Crippen molar-refractivity contribution in [3.63, 3.8) is 0 Å². The minimum absolute atomic E-state index is 0.610. The number of fused-ring (bicyclic) bond motifs is 1. The normalized spacial score (nSPS) is 10.7. The average molecular weight is 468 g/mol. The number of ether oxygens (including phenoxy) is 4. The van der Waals surface area contributed by atoms with E-state index in [0.717, 1.165) is 33.1 Å². The van der Waals surface area contributed by atoms with Gasteiger partial charge in [-0.1, -0.05) is 11.6 Å². The molecule has 0 fully saturated rings. The van der Waals surface area contributed by atoms with Crippen molar-refractivity contribution in [2.75, 3.05) is 26.6 Å². The number of thioether (sulfide) groups is 1. The van der Waals surface area contributed by atoms with Crippen LogP contribution in [0.4, 0.5) is 0 Å². The zero-order valence-corrected chi connectivity index (χ0v) is 19.3. The van der Waals surface area contributed by atoms with Crippen molar-refractivity contribution in [2.24, 2.45) is 0 Å². The third-order valence-electron chi connectivity index (χ3n) is 4.69. The highest BCUT2D eigenvalue weighted by atomic mass is 35.5. The number of hydrogen-bond acceptors (Lipinski definition) is 6. The van der Waals surface area contributed by atoms with Gasteiger partial charge in [0.25, 0.3) is 0 Å². The summed E-state index contributed by atoms with van der Waals surface area (Å²) in [7, 11) is 3.21. The summed E-state index contributed by atoms with van der Waals surface area (Å²) in [5.41, 5.74) is 0.771. The van der Waals surface area contributed by atoms with Crippen LogP contribution in [0, 0.1) is 0 Å². The van der Waals surface area contributed by atoms with Gasteiger partial charge in [-0.3, -0.25) is 4.98 Å². The van der Waals surface area contributed by atoms with Crippen molar-refractivity contribution in [3.05, 3.63) is 77.9 Å². The van der Waals surface area contributed by atoms with Gasteiger partial charge < -0.3 is 18.9 Å². The molecule has 0 aliphatic rings. The van der Waals surface area contributed by atoms with Crippen LogP contribution >= 0.6 is 23.4 Å². The van der Waals surface area contributed by atoms with Crippen LogP contribution in [0.3, 0.4) is 0 Å². The molecule has 0 atom stereocenters. The maximum Gasteiger partial charge on any atom is 0.162 e. The zero-order chi connectivity index (χ0) is 22.3. The molecule has 0 saturated carbocycles. The fourth-order valence-corrected chi connectivity index (χ4v) is 3.97. The Balaban J connectivity index is 1.38. The van der Waals surface area contributed by atoms with Crippen molar-refractivity contribution in [2.45, 2.75) is 4.90 Å². The molecule has 5 nitrogen and oxygen atoms in total. The second-order valence-corrected chi connectivity index (χ2v) is 8.36. The third kappa shape index (κ3) is 5.39. The maximum absolute atomic E-state index is 6.13. The first kappa shape index (κ1) is 22.1. The first-order valence-corrected chi connectivity index (χ1v) is 11.3. The van der Waals surface area contributed by atoms with E-state index >= 15 is 0 Å². The van der Waals surface area contributed by atoms with E-state index in [1.165, 1.54) is 0 Å². The van der Waals surface area contributed by atoms with Gasteiger partial charge in [0.1, 0.15) is 17.2 Å². The summed E-state index contributed by atoms with van der Waals surface area (Å²) < 4.78 is 22.6. The molecule has 1 aromatic heterocycles. The predicted octanol–water partition coefficient (Wildman–Crippen LogP) is 6.87. The summed E-state index contributed by atoms with van der Waals surface area (Å²) in [4.78, 5) is 5.55. The molecule has 32 heavy (non-hydrogen) atoms. The molecular weight excluding hydrogens is 446 g/mol. The Kier molecular flexibility index (Phi) is 7.24. The van der Waals surface area contributed by atoms with E-state index in [1.807, 2.05) is 66.7 Å². The quantitative estimate of drug-likeness (QED) is 0.198. The topological polar surface area (TPSA) is 49.8 Å². The minimum Gasteiger partial charge on any atom is -0.493 e. The van der Waals surface area contributed by atoms with E-state index in [-0.39, 0.29) is 0 Å². The first-order valence-electron chi connectivity index (χ1n) is 9.96. The third-order valence-corrected chi connectivity index (χ3v) is 5.92. The molecule has 0 N–H and O–H groups in total. The summed E-state index contributed by atoms with van der Waals surface area (Å²) in [5, 5.41) is 1.55. The summed E-state index contributed by atoms with van der Waals surface area (Å²) in [6.07, 6.45) is 1.72. The summed E-state index contributed by atoms with van der Waals surface area (Å²) in [6.45, 7) is 0.610. The van der Waals surface area contributed by atoms with Crippen LogP contribution < -0.4 is 18.9 Å². The van der Waals surface area contributed by atoms with E-state index in [0.29, 0.717) is 28.9 Å². The smallest absolute Gasteiger partial charge is 0.162 e. The number of benzene rings is 3. The summed E-state index contributed by atoms with van der Waals surface area (Å²) in [5.74, 6) is 4.36. The Bertz CT molecular complexity index is 1180. The number of rotatable bonds is 9. The Morgan fingerprint density at radius 1 is 0.812 bits per heavy atom. The number of methoxy groups -OCH3 is 2. The number of nitrogens with zero attached hydrogens (tertiary/aromatic N) is 1. The van der Waals surface area contributed by atoms with Gasteiger partial charge in [0.15, 0.2) is 11.5 Å². The van der Waals surface area contributed by atoms with Crippen molar-refractivity contribution in [1.29, 1.82) is 0 Å². The lowest BCUT2D eigenvalue weighted by Gasteiger charge is -2.12. The average Bonchev–Trinajstić information content (AvgIpc) is 2.83. The van der Waals surface area contributed by atoms with E-state index in [1.54, 1.807) is 32.2 Å². The molecule has 4 rings (SSSR count). The van der Waals surface area contributed by atoms with Crippen LogP contribution in [-0.2, 0) is 0 Å². The first-order chi connectivity index (χ1) is 15.7. The van der Waals surface area contributed by atoms with Crippen molar-refractivity contribution in [3.8, 4) is 28.7 Å². The molecule has 0 radical (unpaired) electrons. The highest BCUT2D eigenvalue weighted by molar-refractivity contribution is 7.99. The molecule has 0 aliphatic heterocycles. The van der Waals surface area contributed by atoms with Gasteiger partial charge in [-0.2, -0.15) is 0 Å². The Hall–Kier alpha value is -3.09. The van der Waals surface area contributed by atoms with Crippen LogP contribution in [0.15, 0.2) is 77.8 Å². The van der Waals surface area contributed by atoms with E-state index < -0.39 is 0 Å². The van der Waals surface area contributed by atoms with Gasteiger partial charge in [0.2, 0.25) is 0 Å². The largest absolute Gasteiger partial charge is 0.493 e. The molecule has 3 aromatic carbocycles. The fourth-order valence-electron chi connectivity index (χ4n) is 3.12. The Morgan fingerprint density at radius 2 is 1.50 bits per heavy atom. The van der Waals surface area contributed by atoms with E-state index in [9.17, 15) is 0 Å². The molecule has 0 bridgehead atoms. The fraction of sp³-hybridized carbons (Fsp3) is 0.160. The molecule has 4 aromatic rings. The second kappa shape index (κ2) is 10.5. The summed E-state index contributed by atoms with van der Waals surface area (Å²) in [6, 6.07) is 20.9. The molecular formula is C25H22ClNO4S. The highest BCUT2D eigenvalue weighted by Gasteiger charge is 2.11. The second-order valence-electron chi connectivity index (χ2n) is 6.76. The van der Waals surface area contributed by atoms with Gasteiger partial charge in [-0.15, -0.1) is 11.8 Å². The van der Waals surface area contributed by atoms with Crippen LogP contribution in [0.25, 0.3) is 10.9 Å². The van der Waals surface area contributed by atoms with Gasteiger partial charge >= 0.3 is 0 Å². The van der Waals surface area contributed by atoms with E-state index in [4.69, 9.17) is 30.5 Å². The standard InChI is InChI=1S/C25H22ClNO4S/c1-28-24-15-21-22(16-25(24)29-2)27-12-11-23(21)31-19-7-9-20(10-8-19)32-14-13-30-18-5-3-17(26)4-6-18/h3-12,15-16H,13-14H2,1-2H3. The monoisotopic (exact) mass is 467 g/mol. The number of hydrogen-bond donors (Lipinski definition) is 0. The lowest BCUT2D eigenvalue weighted by Crippen LogP contribution is -1.99. The predicted molar refractivity (Wildman–Crippen MR) is 129 cm³/mol. The summed E-state index contributed by atoms with van der Waals surface area (Å²) >= 11 is 7.61. The molecule has 0 unspecified atom stereocenters. The van der Waals surface area contributed by atoms with Crippen molar-refractivity contribution >= 4 is 34.3 Å². The zero-order valence-electron chi connectivity index (χ0n) is 17.7. The van der Waals surface area contributed by atoms with Crippen LogP contribution in [-0.4, -0.2) is 31.6 Å². The lowest BCUT2D eigenvalue weighted by atomic mass is 10.2. The van der Waals surface area contributed by atoms with Gasteiger partial charge in [-0.05, 0) is 60.7 Å². The molecule has 0 saturated heterocycles. The van der Waals surface area contributed by atoms with Crippen molar-refractivity contribution in [1.82, 2.24) is 4.98 Å². The lowest BCUT2D eigenvalue weighted by molar-refractivity contribution is 0.344. The minimum atomic E-state index is 0.610. The van der Waals surface area contributed by atoms with Gasteiger partial charge in [0, 0.05) is 33.3 Å². The molecule has 0 aliphatic carbocycles. The molecule has 1 heterocycles. The number of pyridine rings is 1. The molecule has 0 spiro atoms. The van der Waals surface area contributed by atoms with Crippen LogP contribution in [0.1, 0.15) is 0 Å². The van der Waals surface area contributed by atoms with Crippen LogP contribution in [0.2, 0.25) is 5.02 Å². The molecule has 7 heteroatoms. The Labute approximate surface area is 196 Å². The molecule has 0 amide bonds. The highest BCUT2D eigenvalue weighted by Crippen LogP contribution is 2.37.